The fourth-order valence-electron chi connectivity index (χ4n) is 5.46. The summed E-state index contributed by atoms with van der Waals surface area (Å²) in [5.74, 6) is 0.578. The number of hydrogen-bond donors (Lipinski definition) is 3. The van der Waals surface area contributed by atoms with Crippen LogP contribution in [0.2, 0.25) is 10.0 Å². The highest BCUT2D eigenvalue weighted by Gasteiger charge is 2.21. The zero-order valence-corrected chi connectivity index (χ0v) is 25.4. The van der Waals surface area contributed by atoms with Gasteiger partial charge in [0, 0.05) is 65.1 Å². The number of aliphatic hydroxyl groups excluding tert-OH is 1. The summed E-state index contributed by atoms with van der Waals surface area (Å²) in [4.78, 5) is 29.0. The third-order valence-electron chi connectivity index (χ3n) is 7.69. The largest absolute Gasteiger partial charge is 0.481 e. The highest BCUT2D eigenvalue weighted by atomic mass is 35.5. The highest BCUT2D eigenvalue weighted by Crippen LogP contribution is 2.42. The number of methoxy groups -OCH3 is 1. The van der Waals surface area contributed by atoms with Gasteiger partial charge in [-0.05, 0) is 24.6 Å². The summed E-state index contributed by atoms with van der Waals surface area (Å²) in [6.07, 6.45) is 3.09. The van der Waals surface area contributed by atoms with Gasteiger partial charge in [-0.2, -0.15) is 0 Å². The lowest BCUT2D eigenvalue weighted by atomic mass is 9.97. The van der Waals surface area contributed by atoms with Crippen molar-refractivity contribution >= 4 is 34.8 Å². The number of ether oxygens (including phenoxy) is 1. The third kappa shape index (κ3) is 5.81. The number of nitrogens with zero attached hydrogens (tertiary/aromatic N) is 4. The molecule has 0 aliphatic carbocycles. The molecule has 2 aromatic carbocycles. The molecule has 44 heavy (non-hydrogen) atoms. The molecule has 0 radical (unpaired) electrons. The zero-order chi connectivity index (χ0) is 30.8. The highest BCUT2D eigenvalue weighted by molar-refractivity contribution is 6.39. The van der Waals surface area contributed by atoms with E-state index in [-0.39, 0.29) is 30.8 Å². The number of aromatic nitrogens is 4. The molecule has 1 fully saturated rings. The van der Waals surface area contributed by atoms with E-state index in [4.69, 9.17) is 32.9 Å². The van der Waals surface area contributed by atoms with Gasteiger partial charge in [0.05, 0.1) is 36.0 Å². The summed E-state index contributed by atoms with van der Waals surface area (Å²) in [6, 6.07) is 19.0. The topological polar surface area (TPSA) is 123 Å². The van der Waals surface area contributed by atoms with E-state index in [1.54, 1.807) is 19.4 Å². The summed E-state index contributed by atoms with van der Waals surface area (Å²) in [5.41, 5.74) is 5.31. The SMILES string of the molecule is COc1nc(-c2cccc(-c3cccc(-c4ccc5nn(CCO)c(=O)n5c4)c3Cl)c2Cl)ccc1CNC[C@H]1CCC(=O)N1. The number of carbonyl (C=O) groups is 1. The molecular formula is C32H30Cl2N6O4. The number of fused-ring (bicyclic) bond motifs is 1. The van der Waals surface area contributed by atoms with E-state index in [1.807, 2.05) is 54.6 Å². The van der Waals surface area contributed by atoms with Crippen molar-refractivity contribution < 1.29 is 14.6 Å². The van der Waals surface area contributed by atoms with E-state index < -0.39 is 0 Å². The average Bonchev–Trinajstić information content (AvgIpc) is 3.59. The molecule has 0 unspecified atom stereocenters. The van der Waals surface area contributed by atoms with Crippen LogP contribution in [0.3, 0.4) is 0 Å². The number of hydrogen-bond acceptors (Lipinski definition) is 7. The maximum absolute atomic E-state index is 12.7. The number of amides is 1. The normalized spacial score (nSPS) is 14.7. The van der Waals surface area contributed by atoms with Gasteiger partial charge in [0.2, 0.25) is 11.8 Å². The molecule has 1 amide bonds. The Morgan fingerprint density at radius 3 is 2.43 bits per heavy atom. The van der Waals surface area contributed by atoms with Gasteiger partial charge in [-0.1, -0.05) is 65.7 Å². The van der Waals surface area contributed by atoms with Crippen LogP contribution in [0.1, 0.15) is 18.4 Å². The first-order valence-electron chi connectivity index (χ1n) is 14.2. The Balaban J connectivity index is 1.29. The maximum atomic E-state index is 12.7. The molecule has 3 aromatic heterocycles. The predicted octanol–water partition coefficient (Wildman–Crippen LogP) is 4.57. The van der Waals surface area contributed by atoms with Gasteiger partial charge >= 0.3 is 5.69 Å². The van der Waals surface area contributed by atoms with E-state index >= 15 is 0 Å². The molecule has 5 aromatic rings. The molecule has 6 rings (SSSR count). The van der Waals surface area contributed by atoms with Gasteiger partial charge < -0.3 is 20.5 Å². The molecule has 1 atom stereocenters. The molecule has 226 valence electrons. The van der Waals surface area contributed by atoms with Crippen LogP contribution in [0.5, 0.6) is 5.88 Å². The van der Waals surface area contributed by atoms with Crippen LogP contribution >= 0.6 is 23.2 Å². The van der Waals surface area contributed by atoms with Gasteiger partial charge in [0.15, 0.2) is 5.65 Å². The molecular weight excluding hydrogens is 603 g/mol. The van der Waals surface area contributed by atoms with Gasteiger partial charge in [-0.25, -0.2) is 18.9 Å². The molecule has 12 heteroatoms. The number of halogens is 2. The number of benzene rings is 2. The molecule has 0 saturated carbocycles. The Bertz CT molecular complexity index is 1920. The lowest BCUT2D eigenvalue weighted by molar-refractivity contribution is -0.119. The molecule has 1 aliphatic heterocycles. The van der Waals surface area contributed by atoms with Crippen molar-refractivity contribution in [1.29, 1.82) is 0 Å². The fraction of sp³-hybridized carbons (Fsp3) is 0.250. The van der Waals surface area contributed by atoms with Crippen LogP contribution < -0.4 is 21.1 Å². The molecule has 0 bridgehead atoms. The molecule has 1 saturated heterocycles. The standard InChI is InChI=1S/C32H30Cl2N6O4/c1-44-31-19(16-35-17-21-10-13-28(42)36-21)8-11-26(37-31)25-7-3-6-24(30(25)34)23-5-2-4-22(29(23)33)20-9-12-27-38-40(14-15-41)32(43)39(27)18-20/h2-9,11-12,18,21,35,41H,10,13-17H2,1H3,(H,36,42)/t21-/m1/s1. The first kappa shape index (κ1) is 29.8. The van der Waals surface area contributed by atoms with Crippen LogP contribution in [-0.4, -0.2) is 56.5 Å². The molecule has 1 aliphatic rings. The summed E-state index contributed by atoms with van der Waals surface area (Å²) >= 11 is 14.0. The minimum absolute atomic E-state index is 0.0916. The van der Waals surface area contributed by atoms with Crippen molar-refractivity contribution in [3.63, 3.8) is 0 Å². The number of nitrogens with one attached hydrogen (secondary N) is 2. The van der Waals surface area contributed by atoms with Gasteiger partial charge in [0.1, 0.15) is 0 Å². The van der Waals surface area contributed by atoms with E-state index in [0.29, 0.717) is 46.8 Å². The Hall–Kier alpha value is -4.22. The zero-order valence-electron chi connectivity index (χ0n) is 23.9. The molecule has 0 spiro atoms. The van der Waals surface area contributed by atoms with Gasteiger partial charge in [0.25, 0.3) is 0 Å². The Kier molecular flexibility index (Phi) is 8.67. The van der Waals surface area contributed by atoms with Crippen LogP contribution in [0.15, 0.2) is 71.7 Å². The molecule has 10 nitrogen and oxygen atoms in total. The van der Waals surface area contributed by atoms with Crippen molar-refractivity contribution in [3.8, 4) is 39.4 Å². The fourth-order valence-corrected chi connectivity index (χ4v) is 6.12. The van der Waals surface area contributed by atoms with Crippen molar-refractivity contribution in [2.75, 3.05) is 20.3 Å². The van der Waals surface area contributed by atoms with Crippen LogP contribution in [0.4, 0.5) is 0 Å². The van der Waals surface area contributed by atoms with E-state index in [0.717, 1.165) is 39.8 Å². The Morgan fingerprint density at radius 1 is 1.00 bits per heavy atom. The smallest absolute Gasteiger partial charge is 0.350 e. The monoisotopic (exact) mass is 632 g/mol. The quantitative estimate of drug-likeness (QED) is 0.206. The number of aliphatic hydroxyl groups is 1. The van der Waals surface area contributed by atoms with Crippen LogP contribution in [0.25, 0.3) is 39.2 Å². The van der Waals surface area contributed by atoms with E-state index in [2.05, 4.69) is 15.7 Å². The minimum Gasteiger partial charge on any atom is -0.481 e. The number of rotatable bonds is 10. The first-order valence-corrected chi connectivity index (χ1v) is 15.0. The lowest BCUT2D eigenvalue weighted by Gasteiger charge is -2.15. The minimum atomic E-state index is -0.342. The maximum Gasteiger partial charge on any atom is 0.350 e. The summed E-state index contributed by atoms with van der Waals surface area (Å²) in [7, 11) is 1.58. The molecule has 3 N–H and O–H groups in total. The second kappa shape index (κ2) is 12.8. The third-order valence-corrected chi connectivity index (χ3v) is 8.50. The second-order valence-corrected chi connectivity index (χ2v) is 11.3. The van der Waals surface area contributed by atoms with Crippen LogP contribution in [0, 0.1) is 0 Å². The molecule has 4 heterocycles. The first-order chi connectivity index (χ1) is 21.4. The Morgan fingerprint density at radius 2 is 1.73 bits per heavy atom. The summed E-state index contributed by atoms with van der Waals surface area (Å²) in [5, 5.41) is 20.8. The summed E-state index contributed by atoms with van der Waals surface area (Å²) < 4.78 is 8.28. The second-order valence-electron chi connectivity index (χ2n) is 10.5. The van der Waals surface area contributed by atoms with Crippen molar-refractivity contribution in [2.24, 2.45) is 0 Å². The number of pyridine rings is 2. The Labute approximate surface area is 263 Å². The van der Waals surface area contributed by atoms with Crippen molar-refractivity contribution in [3.05, 3.63) is 93.0 Å². The lowest BCUT2D eigenvalue weighted by Crippen LogP contribution is -2.35. The van der Waals surface area contributed by atoms with Crippen molar-refractivity contribution in [1.82, 2.24) is 29.8 Å². The van der Waals surface area contributed by atoms with Crippen LogP contribution in [-0.2, 0) is 17.9 Å². The van der Waals surface area contributed by atoms with E-state index in [1.165, 1.54) is 9.08 Å². The average molecular weight is 634 g/mol. The predicted molar refractivity (Wildman–Crippen MR) is 170 cm³/mol. The summed E-state index contributed by atoms with van der Waals surface area (Å²) in [6.45, 7) is 1.14. The van der Waals surface area contributed by atoms with Gasteiger partial charge in [-0.3, -0.25) is 4.79 Å². The van der Waals surface area contributed by atoms with E-state index in [9.17, 15) is 14.7 Å². The van der Waals surface area contributed by atoms with Crippen molar-refractivity contribution in [2.45, 2.75) is 32.0 Å². The number of carbonyl (C=O) groups excluding carboxylic acids is 1. The van der Waals surface area contributed by atoms with Gasteiger partial charge in [-0.15, -0.1) is 5.10 Å².